The van der Waals surface area contributed by atoms with Crippen LogP contribution in [0.4, 0.5) is 17.3 Å². The van der Waals surface area contributed by atoms with E-state index in [1.807, 2.05) is 0 Å². The third-order valence-corrected chi connectivity index (χ3v) is 1.76. The summed E-state index contributed by atoms with van der Waals surface area (Å²) >= 11 is 0. The Bertz CT molecular complexity index is 329. The first-order valence-electron chi connectivity index (χ1n) is 3.92. The number of methoxy groups -OCH3 is 1. The summed E-state index contributed by atoms with van der Waals surface area (Å²) < 4.78 is 54.4. The maximum absolute atomic E-state index is 12.6. The van der Waals surface area contributed by atoms with Crippen LogP contribution >= 0.6 is 0 Å². The largest absolute Gasteiger partial charge is 1.00 e. The van der Waals surface area contributed by atoms with E-state index in [4.69, 9.17) is 0 Å². The molecule has 0 radical (unpaired) electrons. The van der Waals surface area contributed by atoms with Gasteiger partial charge in [-0.3, -0.25) is 0 Å². The topological polar surface area (TPSA) is 9.23 Å². The molecule has 0 amide bonds. The molecule has 0 aliphatic carbocycles. The van der Waals surface area contributed by atoms with Crippen LogP contribution in [0.3, 0.4) is 0 Å². The van der Waals surface area contributed by atoms with Crippen molar-refractivity contribution < 1.29 is 73.5 Å². The Morgan fingerprint density at radius 1 is 1.27 bits per heavy atom. The van der Waals surface area contributed by atoms with Crippen LogP contribution < -0.4 is 56.8 Å². The summed E-state index contributed by atoms with van der Waals surface area (Å²) in [6, 6.07) is 2.38. The molecule has 0 spiro atoms. The number of ether oxygens (including phenoxy) is 1. The van der Waals surface area contributed by atoms with Gasteiger partial charge in [0.25, 0.3) is 0 Å². The second-order valence-electron chi connectivity index (χ2n) is 2.85. The zero-order valence-corrected chi connectivity index (χ0v) is 11.6. The summed E-state index contributed by atoms with van der Waals surface area (Å²) in [6.45, 7) is -5.35. The van der Waals surface area contributed by atoms with Gasteiger partial charge in [0, 0.05) is 7.11 Å². The third-order valence-electron chi connectivity index (χ3n) is 1.76. The Balaban J connectivity index is 0.00000196. The van der Waals surface area contributed by atoms with Gasteiger partial charge in [0.1, 0.15) is 5.82 Å². The van der Waals surface area contributed by atoms with Crippen molar-refractivity contribution >= 4 is 12.4 Å². The van der Waals surface area contributed by atoms with Crippen LogP contribution in [-0.4, -0.2) is 14.1 Å². The number of halogens is 4. The molecule has 0 aliphatic heterocycles. The first-order valence-corrected chi connectivity index (χ1v) is 3.92. The molecule has 0 N–H and O–H groups in total. The first-order chi connectivity index (χ1) is 6.45. The smallest absolute Gasteiger partial charge is 0.445 e. The van der Waals surface area contributed by atoms with Crippen LogP contribution in [-0.2, 0) is 11.3 Å². The minimum Gasteiger partial charge on any atom is -0.445 e. The minimum atomic E-state index is -5.11. The number of benzene rings is 1. The van der Waals surface area contributed by atoms with Crippen LogP contribution in [0.15, 0.2) is 18.2 Å². The van der Waals surface area contributed by atoms with E-state index in [0.29, 0.717) is 0 Å². The van der Waals surface area contributed by atoms with E-state index in [2.05, 4.69) is 4.74 Å². The molecule has 7 heteroatoms. The first kappa shape index (κ1) is 15.6. The monoisotopic (exact) mass is 246 g/mol. The van der Waals surface area contributed by atoms with Crippen LogP contribution in [0.2, 0.25) is 0 Å². The van der Waals surface area contributed by atoms with E-state index in [9.17, 15) is 17.3 Å². The number of hydrogen-bond donors (Lipinski definition) is 0. The summed E-state index contributed by atoms with van der Waals surface area (Å²) in [5, 5.41) is 0. The maximum Gasteiger partial charge on any atom is 1.00 e. The Morgan fingerprint density at radius 2 is 1.87 bits per heavy atom. The van der Waals surface area contributed by atoms with E-state index in [1.165, 1.54) is 7.11 Å². The summed E-state index contributed by atoms with van der Waals surface area (Å²) in [7, 11) is 1.26. The van der Waals surface area contributed by atoms with E-state index >= 15 is 0 Å². The second-order valence-corrected chi connectivity index (χ2v) is 2.85. The predicted octanol–water partition coefficient (Wildman–Crippen LogP) is -0.970. The van der Waals surface area contributed by atoms with Gasteiger partial charge >= 0.3 is 58.4 Å². The zero-order valence-electron chi connectivity index (χ0n) is 8.44. The molecule has 1 nitrogen and oxygen atoms in total. The molecule has 1 rings (SSSR count). The molecule has 1 aromatic carbocycles. The SMILES string of the molecule is COCc1cc(F)ccc1[B-](F)(F)F.[K+]. The van der Waals surface area contributed by atoms with Gasteiger partial charge in [-0.2, -0.15) is 0 Å². The fourth-order valence-corrected chi connectivity index (χ4v) is 1.17. The zero-order chi connectivity index (χ0) is 10.8. The summed E-state index contributed by atoms with van der Waals surface area (Å²) in [6.07, 6.45) is 0. The Morgan fingerprint density at radius 3 is 2.33 bits per heavy atom. The molecule has 0 saturated carbocycles. The van der Waals surface area contributed by atoms with E-state index in [0.717, 1.165) is 18.2 Å². The van der Waals surface area contributed by atoms with Crippen LogP contribution in [0, 0.1) is 5.82 Å². The summed E-state index contributed by atoms with van der Waals surface area (Å²) in [5.74, 6) is -0.694. The molecular formula is C8H8BF4KO. The molecule has 0 aliphatic rings. The van der Waals surface area contributed by atoms with Crippen molar-refractivity contribution in [1.29, 1.82) is 0 Å². The van der Waals surface area contributed by atoms with Crippen LogP contribution in [0.25, 0.3) is 0 Å². The molecule has 0 unspecified atom stereocenters. The fraction of sp³-hybridized carbons (Fsp3) is 0.250. The van der Waals surface area contributed by atoms with Crippen LogP contribution in [0.5, 0.6) is 0 Å². The number of hydrogen-bond acceptors (Lipinski definition) is 1. The van der Waals surface area contributed by atoms with Gasteiger partial charge in [0.2, 0.25) is 0 Å². The van der Waals surface area contributed by atoms with Crippen molar-refractivity contribution in [3.05, 3.63) is 29.6 Å². The summed E-state index contributed by atoms with van der Waals surface area (Å²) in [5.41, 5.74) is -0.965. The predicted molar refractivity (Wildman–Crippen MR) is 45.8 cm³/mol. The molecule has 1 aromatic rings. The molecular weight excluding hydrogens is 238 g/mol. The van der Waals surface area contributed by atoms with Crippen LogP contribution in [0.1, 0.15) is 5.56 Å². The molecule has 0 bridgehead atoms. The number of rotatable bonds is 3. The fourth-order valence-electron chi connectivity index (χ4n) is 1.17. The van der Waals surface area contributed by atoms with E-state index < -0.39 is 18.3 Å². The van der Waals surface area contributed by atoms with Gasteiger partial charge in [-0.25, -0.2) is 4.39 Å². The van der Waals surface area contributed by atoms with Crippen molar-refractivity contribution in [1.82, 2.24) is 0 Å². The van der Waals surface area contributed by atoms with Crippen molar-refractivity contribution in [2.75, 3.05) is 7.11 Å². The Kier molecular flexibility index (Phi) is 6.62. The van der Waals surface area contributed by atoms with Gasteiger partial charge in [0.05, 0.1) is 6.61 Å². The molecule has 0 aromatic heterocycles. The van der Waals surface area contributed by atoms with Crippen molar-refractivity contribution in [3.63, 3.8) is 0 Å². The quantitative estimate of drug-likeness (QED) is 0.492. The second kappa shape index (κ2) is 6.36. The third kappa shape index (κ3) is 4.54. The Hall–Kier alpha value is 0.601. The molecule has 78 valence electrons. The summed E-state index contributed by atoms with van der Waals surface area (Å²) in [4.78, 5) is 0. The van der Waals surface area contributed by atoms with E-state index in [-0.39, 0.29) is 63.6 Å². The molecule has 0 atom stereocenters. The van der Waals surface area contributed by atoms with Crippen molar-refractivity contribution in [2.24, 2.45) is 0 Å². The molecule has 0 heterocycles. The minimum absolute atomic E-state index is 0. The van der Waals surface area contributed by atoms with Crippen molar-refractivity contribution in [2.45, 2.75) is 6.61 Å². The van der Waals surface area contributed by atoms with E-state index in [1.54, 1.807) is 0 Å². The Labute approximate surface area is 128 Å². The molecule has 0 fully saturated rings. The van der Waals surface area contributed by atoms with Gasteiger partial charge < -0.3 is 17.7 Å². The van der Waals surface area contributed by atoms with Gasteiger partial charge in [-0.05, 0) is 17.7 Å². The average Bonchev–Trinajstić information content (AvgIpc) is 2.02. The van der Waals surface area contributed by atoms with Gasteiger partial charge in [-0.1, -0.05) is 6.07 Å². The normalized spacial score (nSPS) is 11.0. The molecule has 0 saturated heterocycles. The van der Waals surface area contributed by atoms with Gasteiger partial charge in [0.15, 0.2) is 0 Å². The van der Waals surface area contributed by atoms with Crippen molar-refractivity contribution in [3.8, 4) is 0 Å². The van der Waals surface area contributed by atoms with Gasteiger partial charge in [-0.15, -0.1) is 5.46 Å². The maximum atomic E-state index is 12.6. The standard InChI is InChI=1S/C8H8BF4O.K/c1-14-5-6-4-7(10)2-3-8(6)9(11,12)13;/h2-4H,5H2,1H3;/q-1;+1. The molecule has 15 heavy (non-hydrogen) atoms. The average molecular weight is 246 g/mol.